The molecule has 21 heavy (non-hydrogen) atoms. The van der Waals surface area contributed by atoms with Gasteiger partial charge in [-0.2, -0.15) is 0 Å². The molecule has 0 aliphatic carbocycles. The molecule has 0 heterocycles. The zero-order valence-electron chi connectivity index (χ0n) is 14.2. The first-order valence-corrected chi connectivity index (χ1v) is 9.21. The number of hydrogen-bond donors (Lipinski definition) is 1. The Morgan fingerprint density at radius 1 is 1.00 bits per heavy atom. The van der Waals surface area contributed by atoms with Gasteiger partial charge in [0.05, 0.1) is 0 Å². The predicted molar refractivity (Wildman–Crippen MR) is 97.7 cm³/mol. The molecule has 0 radical (unpaired) electrons. The molecule has 1 nitrogen and oxygen atoms in total. The van der Waals surface area contributed by atoms with Crippen LogP contribution in [0.5, 0.6) is 0 Å². The minimum Gasteiger partial charge on any atom is -0.316 e. The summed E-state index contributed by atoms with van der Waals surface area (Å²) in [7, 11) is 0. The van der Waals surface area contributed by atoms with Gasteiger partial charge in [-0.15, -0.1) is 0 Å². The average molecular weight is 354 g/mol. The van der Waals surface area contributed by atoms with Crippen LogP contribution in [0.25, 0.3) is 0 Å². The third kappa shape index (κ3) is 9.31. The minimum absolute atomic E-state index is 0.729. The second-order valence-electron chi connectivity index (χ2n) is 7.08. The van der Waals surface area contributed by atoms with Crippen molar-refractivity contribution in [3.05, 3.63) is 34.3 Å². The Balaban J connectivity index is 2.49. The number of halogens is 1. The second kappa shape index (κ2) is 10.4. The molecule has 0 aromatic heterocycles. The first kappa shape index (κ1) is 18.7. The van der Waals surface area contributed by atoms with Crippen LogP contribution in [-0.4, -0.2) is 13.1 Å². The summed E-state index contributed by atoms with van der Waals surface area (Å²) in [5, 5.41) is 3.65. The van der Waals surface area contributed by atoms with Crippen LogP contribution in [0.15, 0.2) is 28.7 Å². The smallest absolute Gasteiger partial charge is 0.0177 e. The third-order valence-electron chi connectivity index (χ3n) is 3.79. The number of benzene rings is 1. The fourth-order valence-corrected chi connectivity index (χ4v) is 3.11. The van der Waals surface area contributed by atoms with Crippen molar-refractivity contribution in [1.82, 2.24) is 5.32 Å². The molecule has 120 valence electrons. The summed E-state index contributed by atoms with van der Waals surface area (Å²) in [6.07, 6.45) is 5.21. The Hall–Kier alpha value is -0.340. The summed E-state index contributed by atoms with van der Waals surface area (Å²) < 4.78 is 1.19. The molecule has 0 saturated carbocycles. The van der Waals surface area contributed by atoms with Crippen molar-refractivity contribution < 1.29 is 0 Å². The molecular weight excluding hydrogens is 322 g/mol. The highest BCUT2D eigenvalue weighted by Crippen LogP contribution is 2.19. The largest absolute Gasteiger partial charge is 0.316 e. The molecule has 0 bridgehead atoms. The van der Waals surface area contributed by atoms with Gasteiger partial charge in [0, 0.05) is 4.47 Å². The standard InChI is InChI=1S/C19H32BrN/c1-15(2)7-5-9-18(14-21-13-16(3)4)11-17-8-6-10-19(20)12-17/h6,8,10,12,15-16,18,21H,5,7,9,11,13-14H2,1-4H3. The second-order valence-corrected chi connectivity index (χ2v) is 7.99. The summed E-state index contributed by atoms with van der Waals surface area (Å²) in [5.74, 6) is 2.30. The lowest BCUT2D eigenvalue weighted by Gasteiger charge is -2.19. The van der Waals surface area contributed by atoms with E-state index in [0.717, 1.165) is 30.8 Å². The van der Waals surface area contributed by atoms with E-state index < -0.39 is 0 Å². The topological polar surface area (TPSA) is 12.0 Å². The van der Waals surface area contributed by atoms with Crippen molar-refractivity contribution in [1.29, 1.82) is 0 Å². The zero-order chi connectivity index (χ0) is 15.7. The van der Waals surface area contributed by atoms with Crippen molar-refractivity contribution in [3.8, 4) is 0 Å². The number of rotatable bonds is 10. The van der Waals surface area contributed by atoms with Gasteiger partial charge in [0.15, 0.2) is 0 Å². The molecule has 1 unspecified atom stereocenters. The first-order chi connectivity index (χ1) is 9.97. The van der Waals surface area contributed by atoms with Gasteiger partial charge in [0.2, 0.25) is 0 Å². The van der Waals surface area contributed by atoms with E-state index in [9.17, 15) is 0 Å². The molecule has 0 saturated heterocycles. The molecule has 0 amide bonds. The Morgan fingerprint density at radius 3 is 2.38 bits per heavy atom. The van der Waals surface area contributed by atoms with Crippen molar-refractivity contribution >= 4 is 15.9 Å². The van der Waals surface area contributed by atoms with Gasteiger partial charge in [0.25, 0.3) is 0 Å². The highest BCUT2D eigenvalue weighted by Gasteiger charge is 2.11. The summed E-state index contributed by atoms with van der Waals surface area (Å²) in [5.41, 5.74) is 1.45. The molecule has 0 fully saturated rings. The van der Waals surface area contributed by atoms with Crippen molar-refractivity contribution in [3.63, 3.8) is 0 Å². The average Bonchev–Trinajstić information content (AvgIpc) is 2.37. The molecule has 1 atom stereocenters. The number of nitrogens with one attached hydrogen (secondary N) is 1. The van der Waals surface area contributed by atoms with E-state index in [-0.39, 0.29) is 0 Å². The van der Waals surface area contributed by atoms with E-state index in [1.807, 2.05) is 0 Å². The van der Waals surface area contributed by atoms with E-state index in [0.29, 0.717) is 0 Å². The van der Waals surface area contributed by atoms with Crippen LogP contribution >= 0.6 is 15.9 Å². The Labute approximate surface area is 140 Å². The Morgan fingerprint density at radius 2 is 1.76 bits per heavy atom. The molecule has 0 aliphatic rings. The quantitative estimate of drug-likeness (QED) is 0.570. The van der Waals surface area contributed by atoms with Crippen LogP contribution in [0.3, 0.4) is 0 Å². The van der Waals surface area contributed by atoms with Gasteiger partial charge in [-0.05, 0) is 61.4 Å². The molecule has 0 spiro atoms. The van der Waals surface area contributed by atoms with Gasteiger partial charge < -0.3 is 5.32 Å². The zero-order valence-corrected chi connectivity index (χ0v) is 15.7. The molecule has 1 aromatic carbocycles. The summed E-state index contributed by atoms with van der Waals surface area (Å²) in [6.45, 7) is 11.5. The Bertz CT molecular complexity index is 373. The molecule has 1 N–H and O–H groups in total. The van der Waals surface area contributed by atoms with E-state index in [1.54, 1.807) is 0 Å². The lowest BCUT2D eigenvalue weighted by molar-refractivity contribution is 0.396. The molecule has 0 aliphatic heterocycles. The van der Waals surface area contributed by atoms with Gasteiger partial charge >= 0.3 is 0 Å². The third-order valence-corrected chi connectivity index (χ3v) is 4.29. The first-order valence-electron chi connectivity index (χ1n) is 8.42. The van der Waals surface area contributed by atoms with E-state index in [2.05, 4.69) is 73.2 Å². The van der Waals surface area contributed by atoms with Gasteiger partial charge in [0.1, 0.15) is 0 Å². The maximum atomic E-state index is 3.65. The van der Waals surface area contributed by atoms with Crippen LogP contribution in [0.1, 0.15) is 52.5 Å². The fraction of sp³-hybridized carbons (Fsp3) is 0.684. The van der Waals surface area contributed by atoms with E-state index >= 15 is 0 Å². The minimum atomic E-state index is 0.729. The van der Waals surface area contributed by atoms with Gasteiger partial charge in [-0.3, -0.25) is 0 Å². The SMILES string of the molecule is CC(C)CCCC(CNCC(C)C)Cc1cccc(Br)c1. The van der Waals surface area contributed by atoms with E-state index in [4.69, 9.17) is 0 Å². The van der Waals surface area contributed by atoms with E-state index in [1.165, 1.54) is 35.7 Å². The normalized spacial score (nSPS) is 13.1. The molecule has 2 heteroatoms. The molecular formula is C19H32BrN. The number of hydrogen-bond acceptors (Lipinski definition) is 1. The van der Waals surface area contributed by atoms with Crippen LogP contribution in [0, 0.1) is 17.8 Å². The maximum Gasteiger partial charge on any atom is 0.0177 e. The summed E-state index contributed by atoms with van der Waals surface area (Å²) in [4.78, 5) is 0. The summed E-state index contributed by atoms with van der Waals surface area (Å²) >= 11 is 3.58. The van der Waals surface area contributed by atoms with Crippen LogP contribution in [0.4, 0.5) is 0 Å². The maximum absolute atomic E-state index is 3.65. The van der Waals surface area contributed by atoms with Crippen molar-refractivity contribution in [2.24, 2.45) is 17.8 Å². The molecule has 1 aromatic rings. The van der Waals surface area contributed by atoms with Crippen molar-refractivity contribution in [2.75, 3.05) is 13.1 Å². The van der Waals surface area contributed by atoms with Crippen molar-refractivity contribution in [2.45, 2.75) is 53.4 Å². The lowest BCUT2D eigenvalue weighted by Crippen LogP contribution is -2.27. The highest BCUT2D eigenvalue weighted by molar-refractivity contribution is 9.10. The molecule has 1 rings (SSSR count). The fourth-order valence-electron chi connectivity index (χ4n) is 2.66. The van der Waals surface area contributed by atoms with Gasteiger partial charge in [-0.1, -0.05) is 68.6 Å². The predicted octanol–water partition coefficient (Wildman–Crippen LogP) is 5.68. The highest BCUT2D eigenvalue weighted by atomic mass is 79.9. The lowest BCUT2D eigenvalue weighted by atomic mass is 9.92. The summed E-state index contributed by atoms with van der Waals surface area (Å²) in [6, 6.07) is 8.76. The van der Waals surface area contributed by atoms with Gasteiger partial charge in [-0.25, -0.2) is 0 Å². The Kier molecular flexibility index (Phi) is 9.26. The van der Waals surface area contributed by atoms with Crippen LogP contribution in [-0.2, 0) is 6.42 Å². The monoisotopic (exact) mass is 353 g/mol. The van der Waals surface area contributed by atoms with Crippen LogP contribution in [0.2, 0.25) is 0 Å². The van der Waals surface area contributed by atoms with Crippen LogP contribution < -0.4 is 5.32 Å².